The van der Waals surface area contributed by atoms with Crippen LogP contribution in [0.5, 0.6) is 5.75 Å². The van der Waals surface area contributed by atoms with E-state index in [2.05, 4.69) is 0 Å². The van der Waals surface area contributed by atoms with Gasteiger partial charge in [-0.25, -0.2) is 0 Å². The zero-order valence-corrected chi connectivity index (χ0v) is 9.40. The number of aromatic hydroxyl groups is 1. The summed E-state index contributed by atoms with van der Waals surface area (Å²) in [5.74, 6) is 0.170. The lowest BCUT2D eigenvalue weighted by molar-refractivity contribution is -0.384. The predicted octanol–water partition coefficient (Wildman–Crippen LogP) is 3.67. The Morgan fingerprint density at radius 3 is 2.41 bits per heavy atom. The third-order valence-electron chi connectivity index (χ3n) is 2.65. The van der Waals surface area contributed by atoms with Crippen LogP contribution in [0, 0.1) is 10.1 Å². The van der Waals surface area contributed by atoms with Crippen LogP contribution in [0.2, 0.25) is 0 Å². The van der Waals surface area contributed by atoms with Crippen LogP contribution in [0.3, 0.4) is 0 Å². The van der Waals surface area contributed by atoms with Gasteiger partial charge in [-0.15, -0.1) is 11.3 Å². The standard InChI is InChI=1S/C12H7NO3S/c14-8-2-4-12-10(6-8)9-5-7(13(15)16)1-3-11(9)17-12/h1-6,14H. The number of hydrogen-bond acceptors (Lipinski definition) is 4. The van der Waals surface area contributed by atoms with Gasteiger partial charge in [0, 0.05) is 32.3 Å². The number of fused-ring (bicyclic) bond motifs is 3. The lowest BCUT2D eigenvalue weighted by atomic mass is 10.1. The fourth-order valence-electron chi connectivity index (χ4n) is 1.87. The molecule has 0 saturated carbocycles. The SMILES string of the molecule is O=[N+]([O-])c1ccc2sc3ccc(O)cc3c2c1. The minimum atomic E-state index is -0.411. The van der Waals surface area contributed by atoms with Crippen molar-refractivity contribution in [2.75, 3.05) is 0 Å². The first-order valence-corrected chi connectivity index (χ1v) is 5.76. The molecule has 0 unspecified atom stereocenters. The molecule has 0 amide bonds. The molecule has 3 rings (SSSR count). The summed E-state index contributed by atoms with van der Waals surface area (Å²) >= 11 is 1.56. The highest BCUT2D eigenvalue weighted by Crippen LogP contribution is 2.37. The molecule has 0 spiro atoms. The summed E-state index contributed by atoms with van der Waals surface area (Å²) in [7, 11) is 0. The van der Waals surface area contributed by atoms with Crippen LogP contribution in [0.1, 0.15) is 0 Å². The maximum absolute atomic E-state index is 10.7. The van der Waals surface area contributed by atoms with Crippen LogP contribution < -0.4 is 0 Å². The number of hydrogen-bond donors (Lipinski definition) is 1. The van der Waals surface area contributed by atoms with Crippen molar-refractivity contribution in [3.63, 3.8) is 0 Å². The number of nitro benzene ring substituents is 1. The number of non-ortho nitro benzene ring substituents is 1. The van der Waals surface area contributed by atoms with Gasteiger partial charge in [-0.05, 0) is 24.3 Å². The van der Waals surface area contributed by atoms with Crippen LogP contribution >= 0.6 is 11.3 Å². The van der Waals surface area contributed by atoms with Crippen molar-refractivity contribution in [3.05, 3.63) is 46.5 Å². The van der Waals surface area contributed by atoms with Crippen molar-refractivity contribution in [1.82, 2.24) is 0 Å². The van der Waals surface area contributed by atoms with E-state index in [-0.39, 0.29) is 11.4 Å². The molecule has 0 bridgehead atoms. The van der Waals surface area contributed by atoms with Gasteiger partial charge >= 0.3 is 0 Å². The highest BCUT2D eigenvalue weighted by molar-refractivity contribution is 7.25. The highest BCUT2D eigenvalue weighted by Gasteiger charge is 2.11. The molecule has 4 nitrogen and oxygen atoms in total. The van der Waals surface area contributed by atoms with Crippen LogP contribution in [0.15, 0.2) is 36.4 Å². The second kappa shape index (κ2) is 3.43. The summed E-state index contributed by atoms with van der Waals surface area (Å²) in [6.45, 7) is 0. The van der Waals surface area contributed by atoms with E-state index in [0.717, 1.165) is 20.2 Å². The van der Waals surface area contributed by atoms with Crippen molar-refractivity contribution < 1.29 is 10.0 Å². The van der Waals surface area contributed by atoms with Gasteiger partial charge in [0.25, 0.3) is 5.69 Å². The van der Waals surface area contributed by atoms with Gasteiger partial charge in [0.15, 0.2) is 0 Å². The molecule has 84 valence electrons. The van der Waals surface area contributed by atoms with Gasteiger partial charge in [-0.3, -0.25) is 10.1 Å². The second-order valence-electron chi connectivity index (χ2n) is 3.72. The lowest BCUT2D eigenvalue weighted by Crippen LogP contribution is -1.85. The quantitative estimate of drug-likeness (QED) is 0.525. The number of nitrogens with zero attached hydrogens (tertiary/aromatic N) is 1. The summed E-state index contributed by atoms with van der Waals surface area (Å²) in [5, 5.41) is 21.9. The average molecular weight is 245 g/mol. The van der Waals surface area contributed by atoms with E-state index in [9.17, 15) is 15.2 Å². The van der Waals surface area contributed by atoms with Crippen molar-refractivity contribution >= 4 is 37.2 Å². The molecule has 5 heteroatoms. The van der Waals surface area contributed by atoms with E-state index in [1.165, 1.54) is 6.07 Å². The second-order valence-corrected chi connectivity index (χ2v) is 4.80. The maximum Gasteiger partial charge on any atom is 0.270 e. The predicted molar refractivity (Wildman–Crippen MR) is 67.7 cm³/mol. The highest BCUT2D eigenvalue weighted by atomic mass is 32.1. The molecule has 0 aliphatic carbocycles. The van der Waals surface area contributed by atoms with E-state index in [4.69, 9.17) is 0 Å². The fraction of sp³-hybridized carbons (Fsp3) is 0. The molecule has 1 heterocycles. The molecule has 0 aliphatic rings. The van der Waals surface area contributed by atoms with E-state index >= 15 is 0 Å². The topological polar surface area (TPSA) is 63.4 Å². The molecule has 17 heavy (non-hydrogen) atoms. The van der Waals surface area contributed by atoms with Crippen molar-refractivity contribution in [1.29, 1.82) is 0 Å². The molecular weight excluding hydrogens is 238 g/mol. The normalized spacial score (nSPS) is 11.1. The zero-order valence-electron chi connectivity index (χ0n) is 8.58. The number of nitro groups is 1. The summed E-state index contributed by atoms with van der Waals surface area (Å²) in [6.07, 6.45) is 0. The molecule has 1 aromatic heterocycles. The minimum absolute atomic E-state index is 0.0699. The van der Waals surface area contributed by atoms with E-state index in [0.29, 0.717) is 0 Å². The van der Waals surface area contributed by atoms with Crippen LogP contribution in [0.4, 0.5) is 5.69 Å². The summed E-state index contributed by atoms with van der Waals surface area (Å²) < 4.78 is 1.99. The van der Waals surface area contributed by atoms with Gasteiger partial charge in [0.2, 0.25) is 0 Å². The molecule has 0 saturated heterocycles. The smallest absolute Gasteiger partial charge is 0.270 e. The lowest BCUT2D eigenvalue weighted by Gasteiger charge is -1.94. The summed E-state index contributed by atoms with van der Waals surface area (Å²) in [6, 6.07) is 9.87. The zero-order chi connectivity index (χ0) is 12.0. The first-order chi connectivity index (χ1) is 8.15. The Hall–Kier alpha value is -2.14. The van der Waals surface area contributed by atoms with Gasteiger partial charge in [-0.2, -0.15) is 0 Å². The third-order valence-corrected chi connectivity index (χ3v) is 3.80. The Balaban J connectivity index is 2.43. The Bertz CT molecular complexity index is 748. The first kappa shape index (κ1) is 10.0. The van der Waals surface area contributed by atoms with Gasteiger partial charge in [-0.1, -0.05) is 0 Å². The monoisotopic (exact) mass is 245 g/mol. The van der Waals surface area contributed by atoms with Crippen molar-refractivity contribution in [2.24, 2.45) is 0 Å². The Morgan fingerprint density at radius 2 is 1.71 bits per heavy atom. The Labute approximate surface area is 99.9 Å². The van der Waals surface area contributed by atoms with E-state index in [1.54, 1.807) is 35.6 Å². The Kier molecular flexibility index (Phi) is 2.02. The number of rotatable bonds is 1. The fourth-order valence-corrected chi connectivity index (χ4v) is 2.93. The van der Waals surface area contributed by atoms with E-state index < -0.39 is 4.92 Å². The first-order valence-electron chi connectivity index (χ1n) is 4.95. The molecule has 0 aliphatic heterocycles. The summed E-state index contributed by atoms with van der Waals surface area (Å²) in [4.78, 5) is 10.3. The van der Waals surface area contributed by atoms with Crippen LogP contribution in [-0.2, 0) is 0 Å². The van der Waals surface area contributed by atoms with Gasteiger partial charge < -0.3 is 5.11 Å². The number of thiophene rings is 1. The molecule has 3 aromatic rings. The Morgan fingerprint density at radius 1 is 1.06 bits per heavy atom. The average Bonchev–Trinajstić information content (AvgIpc) is 2.66. The molecule has 1 N–H and O–H groups in total. The molecule has 0 atom stereocenters. The number of benzene rings is 2. The maximum atomic E-state index is 10.7. The molecule has 2 aromatic carbocycles. The largest absolute Gasteiger partial charge is 0.508 e. The number of phenolic OH excluding ortho intramolecular Hbond substituents is 1. The molecule has 0 fully saturated rings. The van der Waals surface area contributed by atoms with Gasteiger partial charge in [0.1, 0.15) is 5.75 Å². The molecule has 0 radical (unpaired) electrons. The molecular formula is C12H7NO3S. The third kappa shape index (κ3) is 1.52. The van der Waals surface area contributed by atoms with Crippen LogP contribution in [-0.4, -0.2) is 10.0 Å². The van der Waals surface area contributed by atoms with Crippen molar-refractivity contribution in [2.45, 2.75) is 0 Å². The minimum Gasteiger partial charge on any atom is -0.508 e. The van der Waals surface area contributed by atoms with E-state index in [1.807, 2.05) is 6.07 Å². The summed E-state index contributed by atoms with van der Waals surface area (Å²) in [5.41, 5.74) is 0.0699. The van der Waals surface area contributed by atoms with Crippen LogP contribution in [0.25, 0.3) is 20.2 Å². The van der Waals surface area contributed by atoms with Crippen molar-refractivity contribution in [3.8, 4) is 5.75 Å². The van der Waals surface area contributed by atoms with Gasteiger partial charge in [0.05, 0.1) is 4.92 Å². The number of phenols is 1.